The summed E-state index contributed by atoms with van der Waals surface area (Å²) in [6.07, 6.45) is 0.426. The molecule has 1 saturated heterocycles. The number of nitrogens with zero attached hydrogens (tertiary/aromatic N) is 1. The molecule has 0 unspecified atom stereocenters. The zero-order valence-electron chi connectivity index (χ0n) is 15.1. The number of furan rings is 1. The minimum absolute atomic E-state index is 0.00401. The van der Waals surface area contributed by atoms with E-state index in [0.717, 1.165) is 0 Å². The molecule has 2 amide bonds. The quantitative estimate of drug-likeness (QED) is 0.563. The lowest BCUT2D eigenvalue weighted by molar-refractivity contribution is -0.129. The average molecular weight is 428 g/mol. The normalized spacial score (nSPS) is 21.7. The molecule has 3 heterocycles. The Kier molecular flexibility index (Phi) is 5.77. The summed E-state index contributed by atoms with van der Waals surface area (Å²) >= 11 is 1.21. The number of nitrogens with one attached hydrogen (secondary N) is 1. The van der Waals surface area contributed by atoms with Crippen LogP contribution in [0.3, 0.4) is 0 Å². The van der Waals surface area contributed by atoms with E-state index in [9.17, 15) is 18.0 Å². The van der Waals surface area contributed by atoms with Gasteiger partial charge in [0, 0.05) is 18.0 Å². The van der Waals surface area contributed by atoms with E-state index in [1.807, 2.05) is 0 Å². The second-order valence-electron chi connectivity index (χ2n) is 6.37. The second-order valence-corrected chi connectivity index (χ2v) is 9.88. The van der Waals surface area contributed by atoms with Crippen LogP contribution in [0, 0.1) is 0 Å². The molecule has 0 aromatic carbocycles. The van der Waals surface area contributed by atoms with Gasteiger partial charge in [0.15, 0.2) is 9.84 Å². The van der Waals surface area contributed by atoms with Crippen molar-refractivity contribution < 1.29 is 32.4 Å². The van der Waals surface area contributed by atoms with Crippen molar-refractivity contribution in [1.29, 1.82) is 0 Å². The molecule has 0 spiro atoms. The molecule has 1 aliphatic rings. The number of hydrogen-bond acceptors (Lipinski definition) is 8. The molecule has 9 nitrogen and oxygen atoms in total. The van der Waals surface area contributed by atoms with Gasteiger partial charge in [-0.1, -0.05) is 0 Å². The predicted molar refractivity (Wildman–Crippen MR) is 101 cm³/mol. The van der Waals surface area contributed by atoms with Crippen molar-refractivity contribution >= 4 is 33.2 Å². The van der Waals surface area contributed by atoms with Crippen LogP contribution in [-0.4, -0.2) is 56.5 Å². The van der Waals surface area contributed by atoms with Gasteiger partial charge in [0.05, 0.1) is 30.4 Å². The highest BCUT2D eigenvalue weighted by atomic mass is 32.2. The highest BCUT2D eigenvalue weighted by Crippen LogP contribution is 2.45. The van der Waals surface area contributed by atoms with Crippen LogP contribution in [-0.2, 0) is 24.1 Å². The van der Waals surface area contributed by atoms with E-state index in [-0.39, 0.29) is 25.3 Å². The van der Waals surface area contributed by atoms with Crippen LogP contribution >= 0.6 is 11.3 Å². The number of hydrogen-bond donors (Lipinski definition) is 2. The number of ether oxygens (including phenoxy) is 1. The van der Waals surface area contributed by atoms with Gasteiger partial charge in [0.2, 0.25) is 5.91 Å². The maximum absolute atomic E-state index is 13.3. The molecule has 11 heteroatoms. The van der Waals surface area contributed by atoms with E-state index in [1.165, 1.54) is 35.1 Å². The van der Waals surface area contributed by atoms with Crippen molar-refractivity contribution in [2.75, 3.05) is 26.0 Å². The number of hydroxylamine groups is 1. The molecular weight excluding hydrogens is 408 g/mol. The Balaban J connectivity index is 2.06. The van der Waals surface area contributed by atoms with E-state index in [2.05, 4.69) is 0 Å². The van der Waals surface area contributed by atoms with Gasteiger partial charge >= 0.3 is 6.09 Å². The minimum atomic E-state index is -3.85. The second kappa shape index (κ2) is 7.94. The van der Waals surface area contributed by atoms with Crippen LogP contribution in [0.1, 0.15) is 17.7 Å². The summed E-state index contributed by atoms with van der Waals surface area (Å²) in [5, 5.41) is 9.01. The van der Waals surface area contributed by atoms with Crippen molar-refractivity contribution in [3.8, 4) is 10.6 Å². The fraction of sp³-hybridized carbons (Fsp3) is 0.412. The Bertz CT molecular complexity index is 952. The zero-order valence-corrected chi connectivity index (χ0v) is 16.7. The smallest absolute Gasteiger partial charge is 0.409 e. The summed E-state index contributed by atoms with van der Waals surface area (Å²) in [5.41, 5.74) is 1.52. The maximum Gasteiger partial charge on any atom is 0.409 e. The van der Waals surface area contributed by atoms with E-state index in [1.54, 1.807) is 24.3 Å². The standard InChI is InChI=1S/C17H20N2O7S2/c1-25-16(21)19-7-6-17(11-15(20)18-22,28(23,24)10-8-19)14-5-4-13(27-14)12-3-2-9-26-12/h2-5,9,22H,6-8,10-11H2,1H3,(H,18,20)/t17-/m0/s1. The number of thiophene rings is 1. The third-order valence-corrected chi connectivity index (χ3v) is 8.75. The van der Waals surface area contributed by atoms with E-state index < -0.39 is 33.0 Å². The highest BCUT2D eigenvalue weighted by molar-refractivity contribution is 7.92. The molecule has 1 fully saturated rings. The molecule has 3 rings (SSSR count). The lowest BCUT2D eigenvalue weighted by atomic mass is 9.97. The van der Waals surface area contributed by atoms with Gasteiger partial charge in [-0.3, -0.25) is 10.0 Å². The number of methoxy groups -OCH3 is 1. The average Bonchev–Trinajstić information content (AvgIpc) is 3.35. The molecular formula is C17H20N2O7S2. The number of amides is 2. The van der Waals surface area contributed by atoms with Crippen molar-refractivity contribution in [2.45, 2.75) is 17.6 Å². The first-order chi connectivity index (χ1) is 13.3. The Morgan fingerprint density at radius 3 is 2.79 bits per heavy atom. The monoisotopic (exact) mass is 428 g/mol. The molecule has 0 aliphatic carbocycles. The maximum atomic E-state index is 13.3. The van der Waals surface area contributed by atoms with Gasteiger partial charge in [-0.2, -0.15) is 0 Å². The molecule has 2 aromatic rings. The van der Waals surface area contributed by atoms with Gasteiger partial charge in [0.25, 0.3) is 0 Å². The number of rotatable bonds is 4. The van der Waals surface area contributed by atoms with Crippen molar-refractivity contribution in [1.82, 2.24) is 10.4 Å². The van der Waals surface area contributed by atoms with E-state index in [0.29, 0.717) is 15.5 Å². The Morgan fingerprint density at radius 2 is 2.14 bits per heavy atom. The van der Waals surface area contributed by atoms with Gasteiger partial charge in [0.1, 0.15) is 10.5 Å². The summed E-state index contributed by atoms with van der Waals surface area (Å²) < 4.78 is 35.0. The third kappa shape index (κ3) is 3.64. The first-order valence-corrected chi connectivity index (χ1v) is 10.9. The zero-order chi connectivity index (χ0) is 20.4. The lowest BCUT2D eigenvalue weighted by Crippen LogP contribution is -2.41. The molecule has 152 valence electrons. The highest BCUT2D eigenvalue weighted by Gasteiger charge is 2.50. The largest absolute Gasteiger partial charge is 0.464 e. The van der Waals surface area contributed by atoms with Crippen molar-refractivity contribution in [2.24, 2.45) is 0 Å². The third-order valence-electron chi connectivity index (χ3n) is 4.83. The van der Waals surface area contributed by atoms with Crippen LogP contribution in [0.4, 0.5) is 4.79 Å². The molecule has 1 aliphatic heterocycles. The molecule has 2 N–H and O–H groups in total. The Hall–Kier alpha value is -2.37. The molecule has 1 atom stereocenters. The first-order valence-electron chi connectivity index (χ1n) is 8.45. The van der Waals surface area contributed by atoms with Gasteiger partial charge in [-0.05, 0) is 30.7 Å². The van der Waals surface area contributed by atoms with Gasteiger partial charge < -0.3 is 14.1 Å². The molecule has 2 aromatic heterocycles. The number of carbonyl (C=O) groups is 2. The van der Waals surface area contributed by atoms with Crippen LogP contribution in [0.25, 0.3) is 10.6 Å². The fourth-order valence-electron chi connectivity index (χ4n) is 3.32. The van der Waals surface area contributed by atoms with Crippen LogP contribution in [0.2, 0.25) is 0 Å². The van der Waals surface area contributed by atoms with Crippen LogP contribution in [0.5, 0.6) is 0 Å². The SMILES string of the molecule is COC(=O)N1CC[C@](CC(=O)NO)(c2ccc(-c3ccco3)s2)S(=O)(=O)CC1. The van der Waals surface area contributed by atoms with Crippen LogP contribution < -0.4 is 5.48 Å². The summed E-state index contributed by atoms with van der Waals surface area (Å²) in [6.45, 7) is 0.0620. The van der Waals surface area contributed by atoms with Gasteiger partial charge in [-0.15, -0.1) is 11.3 Å². The first kappa shape index (κ1) is 20.4. The van der Waals surface area contributed by atoms with Crippen molar-refractivity contribution in [3.05, 3.63) is 35.4 Å². The lowest BCUT2D eigenvalue weighted by Gasteiger charge is -2.30. The molecule has 0 radical (unpaired) electrons. The summed E-state index contributed by atoms with van der Waals surface area (Å²) in [7, 11) is -2.63. The minimum Gasteiger partial charge on any atom is -0.464 e. The fourth-order valence-corrected chi connectivity index (χ4v) is 6.89. The summed E-state index contributed by atoms with van der Waals surface area (Å²) in [5.74, 6) is -0.558. The summed E-state index contributed by atoms with van der Waals surface area (Å²) in [4.78, 5) is 26.4. The Morgan fingerprint density at radius 1 is 1.36 bits per heavy atom. The topological polar surface area (TPSA) is 126 Å². The predicted octanol–water partition coefficient (Wildman–Crippen LogP) is 1.99. The van der Waals surface area contributed by atoms with E-state index in [4.69, 9.17) is 14.4 Å². The number of carbonyl (C=O) groups excluding carboxylic acids is 2. The van der Waals surface area contributed by atoms with E-state index >= 15 is 0 Å². The van der Waals surface area contributed by atoms with Crippen LogP contribution in [0.15, 0.2) is 34.9 Å². The number of sulfone groups is 1. The molecule has 28 heavy (non-hydrogen) atoms. The molecule has 0 bridgehead atoms. The summed E-state index contributed by atoms with van der Waals surface area (Å²) in [6, 6.07) is 6.86. The Labute approximate surface area is 165 Å². The van der Waals surface area contributed by atoms with Gasteiger partial charge in [-0.25, -0.2) is 18.7 Å². The molecule has 0 saturated carbocycles. The van der Waals surface area contributed by atoms with Crippen molar-refractivity contribution in [3.63, 3.8) is 0 Å².